The van der Waals surface area contributed by atoms with Crippen molar-refractivity contribution >= 4 is 17.5 Å². The van der Waals surface area contributed by atoms with E-state index in [0.29, 0.717) is 29.9 Å². The highest BCUT2D eigenvalue weighted by molar-refractivity contribution is 6.30. The van der Waals surface area contributed by atoms with Crippen molar-refractivity contribution in [1.29, 1.82) is 5.26 Å². The maximum Gasteiger partial charge on any atom is 0.232 e. The molecule has 0 bridgehead atoms. The zero-order chi connectivity index (χ0) is 16.8. The SMILES string of the molecule is N#Cc1nc(-c2ccc(Cl)cc2)oc1NCCOc1ccccc1. The number of halogens is 1. The van der Waals surface area contributed by atoms with Crippen LogP contribution in [0.2, 0.25) is 5.02 Å². The minimum absolute atomic E-state index is 0.208. The van der Waals surface area contributed by atoms with Crippen molar-refractivity contribution in [3.05, 3.63) is 65.3 Å². The molecule has 2 aromatic carbocycles. The third-order valence-electron chi connectivity index (χ3n) is 3.22. The standard InChI is InChI=1S/C18H14ClN3O2/c19-14-8-6-13(7-9-14)17-22-16(12-20)18(24-17)21-10-11-23-15-4-2-1-3-5-15/h1-9,21H,10-11H2. The van der Waals surface area contributed by atoms with Crippen LogP contribution in [0.1, 0.15) is 5.69 Å². The van der Waals surface area contributed by atoms with E-state index in [1.54, 1.807) is 24.3 Å². The third-order valence-corrected chi connectivity index (χ3v) is 3.48. The van der Waals surface area contributed by atoms with Crippen LogP contribution in [0.4, 0.5) is 5.88 Å². The lowest BCUT2D eigenvalue weighted by atomic mass is 10.2. The fourth-order valence-electron chi connectivity index (χ4n) is 2.08. The zero-order valence-corrected chi connectivity index (χ0v) is 13.5. The fraction of sp³-hybridized carbons (Fsp3) is 0.111. The highest BCUT2D eigenvalue weighted by atomic mass is 35.5. The van der Waals surface area contributed by atoms with E-state index in [0.717, 1.165) is 11.3 Å². The average molecular weight is 340 g/mol. The Balaban J connectivity index is 1.63. The largest absolute Gasteiger partial charge is 0.492 e. The molecular weight excluding hydrogens is 326 g/mol. The molecule has 6 heteroatoms. The van der Waals surface area contributed by atoms with Gasteiger partial charge in [0.1, 0.15) is 18.4 Å². The number of nitrogens with one attached hydrogen (secondary N) is 1. The predicted molar refractivity (Wildman–Crippen MR) is 92.1 cm³/mol. The van der Waals surface area contributed by atoms with E-state index < -0.39 is 0 Å². The van der Waals surface area contributed by atoms with Gasteiger partial charge in [-0.05, 0) is 36.4 Å². The molecule has 3 aromatic rings. The summed E-state index contributed by atoms with van der Waals surface area (Å²) >= 11 is 5.87. The summed E-state index contributed by atoms with van der Waals surface area (Å²) in [5.74, 6) is 1.49. The minimum Gasteiger partial charge on any atom is -0.492 e. The number of rotatable bonds is 6. The number of oxazole rings is 1. The molecule has 0 spiro atoms. The van der Waals surface area contributed by atoms with E-state index >= 15 is 0 Å². The number of hydrogen-bond donors (Lipinski definition) is 1. The van der Waals surface area contributed by atoms with E-state index in [4.69, 9.17) is 20.8 Å². The molecule has 1 N–H and O–H groups in total. The molecule has 0 unspecified atom stereocenters. The van der Waals surface area contributed by atoms with Gasteiger partial charge in [0.25, 0.3) is 0 Å². The van der Waals surface area contributed by atoms with Gasteiger partial charge in [0.15, 0.2) is 0 Å². The van der Waals surface area contributed by atoms with Gasteiger partial charge in [-0.3, -0.25) is 0 Å². The summed E-state index contributed by atoms with van der Waals surface area (Å²) in [7, 11) is 0. The second-order valence-electron chi connectivity index (χ2n) is 4.90. The summed E-state index contributed by atoms with van der Waals surface area (Å²) in [5, 5.41) is 12.9. The van der Waals surface area contributed by atoms with Gasteiger partial charge in [0.2, 0.25) is 17.5 Å². The summed E-state index contributed by atoms with van der Waals surface area (Å²) < 4.78 is 11.2. The molecule has 0 aliphatic rings. The van der Waals surface area contributed by atoms with Crippen LogP contribution in [0.3, 0.4) is 0 Å². The summed E-state index contributed by atoms with van der Waals surface area (Å²) in [6, 6.07) is 18.6. The maximum atomic E-state index is 9.19. The number of benzene rings is 2. The monoisotopic (exact) mass is 339 g/mol. The Morgan fingerprint density at radius 3 is 2.58 bits per heavy atom. The van der Waals surface area contributed by atoms with Crippen molar-refractivity contribution in [3.8, 4) is 23.3 Å². The summed E-state index contributed by atoms with van der Waals surface area (Å²) in [6.45, 7) is 0.921. The van der Waals surface area contributed by atoms with Gasteiger partial charge >= 0.3 is 0 Å². The van der Waals surface area contributed by atoms with Crippen molar-refractivity contribution in [3.63, 3.8) is 0 Å². The molecule has 24 heavy (non-hydrogen) atoms. The Kier molecular flexibility index (Phi) is 4.99. The van der Waals surface area contributed by atoms with Crippen molar-refractivity contribution < 1.29 is 9.15 Å². The Hall–Kier alpha value is -2.97. The van der Waals surface area contributed by atoms with E-state index in [2.05, 4.69) is 10.3 Å². The van der Waals surface area contributed by atoms with Gasteiger partial charge < -0.3 is 14.5 Å². The van der Waals surface area contributed by atoms with Crippen molar-refractivity contribution in [1.82, 2.24) is 4.98 Å². The normalized spacial score (nSPS) is 10.2. The first-order valence-corrected chi connectivity index (χ1v) is 7.72. The zero-order valence-electron chi connectivity index (χ0n) is 12.7. The van der Waals surface area contributed by atoms with Gasteiger partial charge in [0.05, 0.1) is 6.54 Å². The lowest BCUT2D eigenvalue weighted by Gasteiger charge is -2.06. The van der Waals surface area contributed by atoms with E-state index in [1.165, 1.54) is 0 Å². The highest BCUT2D eigenvalue weighted by Gasteiger charge is 2.14. The molecule has 3 rings (SSSR count). The number of para-hydroxylation sites is 1. The molecule has 0 radical (unpaired) electrons. The molecule has 1 aromatic heterocycles. The smallest absolute Gasteiger partial charge is 0.232 e. The second kappa shape index (κ2) is 7.53. The summed E-state index contributed by atoms with van der Waals surface area (Å²) in [5.41, 5.74) is 0.962. The topological polar surface area (TPSA) is 71.1 Å². The van der Waals surface area contributed by atoms with Crippen LogP contribution >= 0.6 is 11.6 Å². The first-order valence-electron chi connectivity index (χ1n) is 7.35. The number of hydrogen-bond acceptors (Lipinski definition) is 5. The Labute approximate surface area is 144 Å². The first-order chi connectivity index (χ1) is 11.8. The van der Waals surface area contributed by atoms with E-state index in [-0.39, 0.29) is 5.69 Å². The molecule has 1 heterocycles. The quantitative estimate of drug-likeness (QED) is 0.676. The lowest BCUT2D eigenvalue weighted by Crippen LogP contribution is -2.11. The first kappa shape index (κ1) is 15.9. The summed E-state index contributed by atoms with van der Waals surface area (Å²) in [6.07, 6.45) is 0. The maximum absolute atomic E-state index is 9.19. The van der Waals surface area contributed by atoms with Crippen LogP contribution in [-0.2, 0) is 0 Å². The number of ether oxygens (including phenoxy) is 1. The number of nitrogens with zero attached hydrogens (tertiary/aromatic N) is 2. The highest BCUT2D eigenvalue weighted by Crippen LogP contribution is 2.26. The molecule has 0 saturated carbocycles. The van der Waals surface area contributed by atoms with Crippen LogP contribution in [0.5, 0.6) is 5.75 Å². The molecule has 0 fully saturated rings. The molecule has 0 atom stereocenters. The van der Waals surface area contributed by atoms with Crippen molar-refractivity contribution in [2.45, 2.75) is 0 Å². The molecule has 5 nitrogen and oxygen atoms in total. The van der Waals surface area contributed by atoms with Gasteiger partial charge in [0, 0.05) is 10.6 Å². The molecule has 120 valence electrons. The fourth-order valence-corrected chi connectivity index (χ4v) is 2.21. The van der Waals surface area contributed by atoms with Gasteiger partial charge in [-0.1, -0.05) is 29.8 Å². The van der Waals surface area contributed by atoms with Crippen molar-refractivity contribution in [2.24, 2.45) is 0 Å². The Bertz CT molecular complexity index is 839. The molecule has 0 aliphatic heterocycles. The Morgan fingerprint density at radius 2 is 1.88 bits per heavy atom. The minimum atomic E-state index is 0.208. The molecule has 0 amide bonds. The van der Waals surface area contributed by atoms with Crippen LogP contribution in [0, 0.1) is 11.3 Å². The number of nitriles is 1. The predicted octanol–water partition coefficient (Wildman–Crippen LogP) is 4.36. The van der Waals surface area contributed by atoms with E-state index in [9.17, 15) is 5.26 Å². The van der Waals surface area contributed by atoms with Crippen molar-refractivity contribution in [2.75, 3.05) is 18.5 Å². The third kappa shape index (κ3) is 3.86. The van der Waals surface area contributed by atoms with Crippen LogP contribution in [0.15, 0.2) is 59.0 Å². The Morgan fingerprint density at radius 1 is 1.12 bits per heavy atom. The van der Waals surface area contributed by atoms with Gasteiger partial charge in [-0.25, -0.2) is 0 Å². The van der Waals surface area contributed by atoms with Gasteiger partial charge in [-0.15, -0.1) is 0 Å². The van der Waals surface area contributed by atoms with Crippen LogP contribution in [-0.4, -0.2) is 18.1 Å². The summed E-state index contributed by atoms with van der Waals surface area (Å²) in [4.78, 5) is 4.19. The molecular formula is C18H14ClN3O2. The average Bonchev–Trinajstić information content (AvgIpc) is 3.03. The number of anilines is 1. The lowest BCUT2D eigenvalue weighted by molar-refractivity contribution is 0.331. The van der Waals surface area contributed by atoms with E-state index in [1.807, 2.05) is 36.4 Å². The molecule has 0 saturated heterocycles. The number of aromatic nitrogens is 1. The van der Waals surface area contributed by atoms with Crippen LogP contribution in [0.25, 0.3) is 11.5 Å². The molecule has 0 aliphatic carbocycles. The second-order valence-corrected chi connectivity index (χ2v) is 5.34. The van der Waals surface area contributed by atoms with Gasteiger partial charge in [-0.2, -0.15) is 10.2 Å². The van der Waals surface area contributed by atoms with Crippen LogP contribution < -0.4 is 10.1 Å².